The molecular weight excluding hydrogens is 244 g/mol. The summed E-state index contributed by atoms with van der Waals surface area (Å²) in [6, 6.07) is 4.14. The highest BCUT2D eigenvalue weighted by atomic mass is 35.5. The van der Waals surface area contributed by atoms with Gasteiger partial charge in [0, 0.05) is 5.69 Å². The van der Waals surface area contributed by atoms with Gasteiger partial charge in [-0.15, -0.1) is 0 Å². The molecule has 6 heteroatoms. The number of nitrogens with one attached hydrogen (secondary N) is 1. The molecule has 1 unspecified atom stereocenters. The molecule has 1 rings (SSSR count). The lowest BCUT2D eigenvalue weighted by molar-refractivity contribution is -0.141. The van der Waals surface area contributed by atoms with E-state index in [9.17, 15) is 9.59 Å². The van der Waals surface area contributed by atoms with Crippen LogP contribution in [0.2, 0.25) is 5.02 Å². The van der Waals surface area contributed by atoms with E-state index in [4.69, 9.17) is 17.3 Å². The van der Waals surface area contributed by atoms with Gasteiger partial charge in [-0.2, -0.15) is 0 Å². The van der Waals surface area contributed by atoms with Crippen molar-refractivity contribution in [1.82, 2.24) is 0 Å². The van der Waals surface area contributed by atoms with Gasteiger partial charge in [0.05, 0.1) is 17.7 Å². The van der Waals surface area contributed by atoms with Crippen LogP contribution in [0.1, 0.15) is 17.3 Å². The van der Waals surface area contributed by atoms with Crippen molar-refractivity contribution < 1.29 is 14.3 Å². The monoisotopic (exact) mass is 256 g/mol. The molecule has 0 bridgehead atoms. The van der Waals surface area contributed by atoms with Crippen LogP contribution in [0.25, 0.3) is 0 Å². The number of benzene rings is 1. The molecule has 5 nitrogen and oxygen atoms in total. The molecule has 0 saturated heterocycles. The van der Waals surface area contributed by atoms with Crippen molar-refractivity contribution in [3.8, 4) is 0 Å². The number of carbonyl (C=O) groups excluding carboxylic acids is 2. The average Bonchev–Trinajstić information content (AvgIpc) is 2.27. The molecule has 0 saturated carbocycles. The van der Waals surface area contributed by atoms with Crippen LogP contribution < -0.4 is 11.1 Å². The van der Waals surface area contributed by atoms with Crippen LogP contribution in [0.5, 0.6) is 0 Å². The van der Waals surface area contributed by atoms with Crippen LogP contribution in [0.3, 0.4) is 0 Å². The highest BCUT2D eigenvalue weighted by Gasteiger charge is 2.13. The quantitative estimate of drug-likeness (QED) is 0.798. The third-order valence-corrected chi connectivity index (χ3v) is 2.49. The molecule has 17 heavy (non-hydrogen) atoms. The standard InChI is InChI=1S/C11H13ClN2O3/c1-6(11(16)17-2)14-7-3-4-8(10(13)15)9(12)5-7/h3-6,14H,1-2H3,(H2,13,15). The summed E-state index contributed by atoms with van der Waals surface area (Å²) < 4.78 is 4.57. The summed E-state index contributed by atoms with van der Waals surface area (Å²) in [4.78, 5) is 22.1. The first-order valence-corrected chi connectivity index (χ1v) is 5.27. The Bertz CT molecular complexity index is 448. The first-order chi connectivity index (χ1) is 7.95. The number of rotatable bonds is 4. The van der Waals surface area contributed by atoms with Gasteiger partial charge >= 0.3 is 5.97 Å². The fourth-order valence-corrected chi connectivity index (χ4v) is 1.56. The van der Waals surface area contributed by atoms with E-state index in [0.29, 0.717) is 5.69 Å². The lowest BCUT2D eigenvalue weighted by atomic mass is 10.2. The Kier molecular flexibility index (Phi) is 4.34. The Labute approximate surface area is 104 Å². The smallest absolute Gasteiger partial charge is 0.327 e. The van der Waals surface area contributed by atoms with Gasteiger partial charge in [-0.05, 0) is 25.1 Å². The van der Waals surface area contributed by atoms with E-state index in [1.165, 1.54) is 19.2 Å². The predicted octanol–water partition coefficient (Wildman–Crippen LogP) is 1.41. The number of carbonyl (C=O) groups is 2. The molecule has 92 valence electrons. The summed E-state index contributed by atoms with van der Waals surface area (Å²) in [5.41, 5.74) is 5.97. The lowest BCUT2D eigenvalue weighted by Gasteiger charge is -2.13. The summed E-state index contributed by atoms with van der Waals surface area (Å²) in [6.07, 6.45) is 0. The number of hydrogen-bond donors (Lipinski definition) is 2. The van der Waals surface area contributed by atoms with Crippen molar-refractivity contribution in [1.29, 1.82) is 0 Å². The molecular formula is C11H13ClN2O3. The van der Waals surface area contributed by atoms with Crippen molar-refractivity contribution in [3.63, 3.8) is 0 Å². The van der Waals surface area contributed by atoms with Crippen molar-refractivity contribution in [2.45, 2.75) is 13.0 Å². The number of anilines is 1. The highest BCUT2D eigenvalue weighted by molar-refractivity contribution is 6.34. The number of methoxy groups -OCH3 is 1. The molecule has 0 fully saturated rings. The molecule has 1 atom stereocenters. The fourth-order valence-electron chi connectivity index (χ4n) is 1.29. The van der Waals surface area contributed by atoms with E-state index in [0.717, 1.165) is 0 Å². The minimum absolute atomic E-state index is 0.236. The van der Waals surface area contributed by atoms with Crippen LogP contribution >= 0.6 is 11.6 Å². The van der Waals surface area contributed by atoms with Crippen LogP contribution in [-0.2, 0) is 9.53 Å². The third kappa shape index (κ3) is 3.35. The van der Waals surface area contributed by atoms with Gasteiger partial charge in [0.15, 0.2) is 0 Å². The molecule has 1 aromatic rings. The van der Waals surface area contributed by atoms with Gasteiger partial charge in [0.1, 0.15) is 6.04 Å². The first-order valence-electron chi connectivity index (χ1n) is 4.89. The maximum Gasteiger partial charge on any atom is 0.327 e. The Morgan fingerprint density at radius 3 is 2.59 bits per heavy atom. The zero-order valence-corrected chi connectivity index (χ0v) is 10.2. The minimum atomic E-state index is -0.595. The third-order valence-electron chi connectivity index (χ3n) is 2.17. The topological polar surface area (TPSA) is 81.4 Å². The van der Waals surface area contributed by atoms with Crippen molar-refractivity contribution in [2.24, 2.45) is 5.73 Å². The molecule has 0 aliphatic carbocycles. The molecule has 1 aromatic carbocycles. The number of hydrogen-bond acceptors (Lipinski definition) is 4. The Hall–Kier alpha value is -1.75. The van der Waals surface area contributed by atoms with Gasteiger partial charge < -0.3 is 15.8 Å². The van der Waals surface area contributed by atoms with E-state index in [1.54, 1.807) is 13.0 Å². The number of nitrogens with two attached hydrogens (primary N) is 1. The van der Waals surface area contributed by atoms with Gasteiger partial charge in [0.2, 0.25) is 5.91 Å². The second kappa shape index (κ2) is 5.54. The van der Waals surface area contributed by atoms with Crippen LogP contribution in [0.15, 0.2) is 18.2 Å². The van der Waals surface area contributed by atoms with Crippen LogP contribution in [0.4, 0.5) is 5.69 Å². The number of primary amides is 1. The van der Waals surface area contributed by atoms with Crippen molar-refractivity contribution in [3.05, 3.63) is 28.8 Å². The average molecular weight is 257 g/mol. The maximum atomic E-state index is 11.2. The SMILES string of the molecule is COC(=O)C(C)Nc1ccc(C(N)=O)c(Cl)c1. The number of amides is 1. The molecule has 1 amide bonds. The van der Waals surface area contributed by atoms with Crippen LogP contribution in [-0.4, -0.2) is 25.0 Å². The maximum absolute atomic E-state index is 11.2. The van der Waals surface area contributed by atoms with E-state index in [2.05, 4.69) is 10.1 Å². The zero-order chi connectivity index (χ0) is 13.0. The Balaban J connectivity index is 2.84. The molecule has 0 aromatic heterocycles. The summed E-state index contributed by atoms with van der Waals surface area (Å²) in [5, 5.41) is 3.12. The van der Waals surface area contributed by atoms with E-state index in [-0.39, 0.29) is 16.6 Å². The molecule has 0 aliphatic heterocycles. The summed E-state index contributed by atoms with van der Waals surface area (Å²) >= 11 is 5.86. The molecule has 3 N–H and O–H groups in total. The van der Waals surface area contributed by atoms with Gasteiger partial charge in [-0.1, -0.05) is 11.6 Å². The summed E-state index contributed by atoms with van der Waals surface area (Å²) in [7, 11) is 1.31. The summed E-state index contributed by atoms with van der Waals surface area (Å²) in [6.45, 7) is 1.65. The van der Waals surface area contributed by atoms with Crippen LogP contribution in [0, 0.1) is 0 Å². The molecule has 0 heterocycles. The molecule has 0 aliphatic rings. The minimum Gasteiger partial charge on any atom is -0.467 e. The van der Waals surface area contributed by atoms with Gasteiger partial charge in [-0.3, -0.25) is 4.79 Å². The Morgan fingerprint density at radius 1 is 1.47 bits per heavy atom. The predicted molar refractivity (Wildman–Crippen MR) is 65.1 cm³/mol. The summed E-state index contributed by atoms with van der Waals surface area (Å²) in [5.74, 6) is -0.984. The number of esters is 1. The molecule has 0 radical (unpaired) electrons. The number of ether oxygens (including phenoxy) is 1. The zero-order valence-electron chi connectivity index (χ0n) is 9.49. The first kappa shape index (κ1) is 13.3. The van der Waals surface area contributed by atoms with Gasteiger partial charge in [-0.25, -0.2) is 4.79 Å². The van der Waals surface area contributed by atoms with E-state index < -0.39 is 11.9 Å². The Morgan fingerprint density at radius 2 is 2.12 bits per heavy atom. The van der Waals surface area contributed by atoms with E-state index >= 15 is 0 Å². The largest absolute Gasteiger partial charge is 0.467 e. The fraction of sp³-hybridized carbons (Fsp3) is 0.273. The second-order valence-electron chi connectivity index (χ2n) is 3.45. The van der Waals surface area contributed by atoms with E-state index in [1.807, 2.05) is 0 Å². The normalized spacial score (nSPS) is 11.7. The van der Waals surface area contributed by atoms with Crippen molar-refractivity contribution in [2.75, 3.05) is 12.4 Å². The van der Waals surface area contributed by atoms with Crippen molar-refractivity contribution >= 4 is 29.2 Å². The second-order valence-corrected chi connectivity index (χ2v) is 3.86. The molecule has 0 spiro atoms. The van der Waals surface area contributed by atoms with Gasteiger partial charge in [0.25, 0.3) is 0 Å². The highest BCUT2D eigenvalue weighted by Crippen LogP contribution is 2.21. The lowest BCUT2D eigenvalue weighted by Crippen LogP contribution is -2.27. The number of halogens is 1.